The standard InChI is InChI=1S/C15H23NO4/c1-15(19,9-10-20-2)11-16-14(18)8-7-12-5-3-4-6-13(12)17/h3-6,17,19H,7-11H2,1-2H3,(H,16,18). The average Bonchev–Trinajstić information content (AvgIpc) is 2.42. The first-order valence-electron chi connectivity index (χ1n) is 6.69. The number of hydrogen-bond acceptors (Lipinski definition) is 4. The Bertz CT molecular complexity index is 432. The van der Waals surface area contributed by atoms with Gasteiger partial charge in [0.25, 0.3) is 0 Å². The minimum atomic E-state index is -0.972. The van der Waals surface area contributed by atoms with Crippen LogP contribution in [0.15, 0.2) is 24.3 Å². The second-order valence-corrected chi connectivity index (χ2v) is 5.15. The summed E-state index contributed by atoms with van der Waals surface area (Å²) < 4.78 is 4.90. The molecule has 0 aliphatic carbocycles. The van der Waals surface area contributed by atoms with Crippen LogP contribution in [0.2, 0.25) is 0 Å². The Kier molecular flexibility index (Phi) is 6.48. The number of methoxy groups -OCH3 is 1. The number of carbonyl (C=O) groups is 1. The number of phenolic OH excluding ortho intramolecular Hbond substituents is 1. The smallest absolute Gasteiger partial charge is 0.220 e. The first-order chi connectivity index (χ1) is 9.44. The lowest BCUT2D eigenvalue weighted by Crippen LogP contribution is -2.41. The molecular weight excluding hydrogens is 258 g/mol. The van der Waals surface area contributed by atoms with Crippen LogP contribution in [0.25, 0.3) is 0 Å². The van der Waals surface area contributed by atoms with Crippen LogP contribution < -0.4 is 5.32 Å². The fourth-order valence-electron chi connectivity index (χ4n) is 1.76. The fraction of sp³-hybridized carbons (Fsp3) is 0.533. The number of ether oxygens (including phenoxy) is 1. The summed E-state index contributed by atoms with van der Waals surface area (Å²) in [6.07, 6.45) is 1.21. The van der Waals surface area contributed by atoms with E-state index in [0.717, 1.165) is 5.56 Å². The summed E-state index contributed by atoms with van der Waals surface area (Å²) in [5.74, 6) is 0.0540. The lowest BCUT2D eigenvalue weighted by atomic mass is 10.0. The molecule has 0 bridgehead atoms. The molecule has 0 radical (unpaired) electrons. The molecule has 0 aliphatic heterocycles. The molecule has 0 saturated carbocycles. The van der Waals surface area contributed by atoms with Gasteiger partial charge in [0.15, 0.2) is 0 Å². The van der Waals surface area contributed by atoms with E-state index in [4.69, 9.17) is 4.74 Å². The average molecular weight is 281 g/mol. The highest BCUT2D eigenvalue weighted by atomic mass is 16.5. The molecule has 0 saturated heterocycles. The minimum absolute atomic E-state index is 0.147. The Morgan fingerprint density at radius 2 is 2.10 bits per heavy atom. The number of carbonyl (C=O) groups excluding carboxylic acids is 1. The van der Waals surface area contributed by atoms with E-state index in [0.29, 0.717) is 19.4 Å². The Morgan fingerprint density at radius 3 is 2.75 bits per heavy atom. The van der Waals surface area contributed by atoms with Crippen molar-refractivity contribution in [3.8, 4) is 5.75 Å². The number of aryl methyl sites for hydroxylation is 1. The molecule has 0 heterocycles. The number of amides is 1. The van der Waals surface area contributed by atoms with Crippen molar-refractivity contribution in [3.63, 3.8) is 0 Å². The highest BCUT2D eigenvalue weighted by Gasteiger charge is 2.20. The number of benzene rings is 1. The molecule has 1 atom stereocenters. The van der Waals surface area contributed by atoms with Crippen molar-refractivity contribution in [1.29, 1.82) is 0 Å². The molecule has 0 aliphatic rings. The van der Waals surface area contributed by atoms with E-state index in [1.807, 2.05) is 6.07 Å². The molecule has 0 aromatic heterocycles. The van der Waals surface area contributed by atoms with Gasteiger partial charge in [0.05, 0.1) is 5.60 Å². The number of nitrogens with one attached hydrogen (secondary N) is 1. The third-order valence-corrected chi connectivity index (χ3v) is 3.12. The van der Waals surface area contributed by atoms with Gasteiger partial charge in [-0.1, -0.05) is 18.2 Å². The van der Waals surface area contributed by atoms with Gasteiger partial charge < -0.3 is 20.3 Å². The Balaban J connectivity index is 2.32. The van der Waals surface area contributed by atoms with Crippen LogP contribution >= 0.6 is 0 Å². The molecule has 20 heavy (non-hydrogen) atoms. The first kappa shape index (κ1) is 16.5. The van der Waals surface area contributed by atoms with Crippen LogP contribution in [-0.2, 0) is 16.0 Å². The van der Waals surface area contributed by atoms with Gasteiger partial charge in [0.1, 0.15) is 5.75 Å². The zero-order valence-corrected chi connectivity index (χ0v) is 12.1. The van der Waals surface area contributed by atoms with E-state index in [1.165, 1.54) is 0 Å². The van der Waals surface area contributed by atoms with Gasteiger partial charge in [0, 0.05) is 33.1 Å². The van der Waals surface area contributed by atoms with Crippen molar-refractivity contribution >= 4 is 5.91 Å². The summed E-state index contributed by atoms with van der Waals surface area (Å²) in [5.41, 5.74) is -0.227. The summed E-state index contributed by atoms with van der Waals surface area (Å²) >= 11 is 0. The van der Waals surface area contributed by atoms with Gasteiger partial charge >= 0.3 is 0 Å². The van der Waals surface area contributed by atoms with Crippen molar-refractivity contribution in [3.05, 3.63) is 29.8 Å². The molecule has 0 fully saturated rings. The van der Waals surface area contributed by atoms with Crippen LogP contribution in [0, 0.1) is 0 Å². The molecule has 1 unspecified atom stereocenters. The number of rotatable bonds is 8. The van der Waals surface area contributed by atoms with E-state index < -0.39 is 5.60 Å². The highest BCUT2D eigenvalue weighted by molar-refractivity contribution is 5.76. The largest absolute Gasteiger partial charge is 0.508 e. The molecule has 1 rings (SSSR count). The molecule has 5 nitrogen and oxygen atoms in total. The normalized spacial score (nSPS) is 13.8. The van der Waals surface area contributed by atoms with Crippen LogP contribution in [0.1, 0.15) is 25.3 Å². The maximum Gasteiger partial charge on any atom is 0.220 e. The molecule has 1 amide bonds. The van der Waals surface area contributed by atoms with Crippen LogP contribution in [0.3, 0.4) is 0 Å². The molecule has 1 aromatic rings. The number of aromatic hydroxyl groups is 1. The summed E-state index contributed by atoms with van der Waals surface area (Å²) in [6.45, 7) is 2.30. The van der Waals surface area contributed by atoms with Crippen molar-refractivity contribution in [1.82, 2.24) is 5.32 Å². The van der Waals surface area contributed by atoms with Crippen molar-refractivity contribution in [2.24, 2.45) is 0 Å². The molecule has 112 valence electrons. The van der Waals surface area contributed by atoms with Crippen LogP contribution in [0.4, 0.5) is 0 Å². The van der Waals surface area contributed by atoms with E-state index >= 15 is 0 Å². The third kappa shape index (κ3) is 6.04. The number of phenols is 1. The Morgan fingerprint density at radius 1 is 1.40 bits per heavy atom. The number of hydrogen-bond donors (Lipinski definition) is 3. The van der Waals surface area contributed by atoms with Gasteiger partial charge in [-0.25, -0.2) is 0 Å². The second-order valence-electron chi connectivity index (χ2n) is 5.15. The predicted molar refractivity (Wildman–Crippen MR) is 76.6 cm³/mol. The van der Waals surface area contributed by atoms with E-state index in [9.17, 15) is 15.0 Å². The monoisotopic (exact) mass is 281 g/mol. The van der Waals surface area contributed by atoms with Gasteiger partial charge in [-0.2, -0.15) is 0 Å². The third-order valence-electron chi connectivity index (χ3n) is 3.12. The maximum atomic E-state index is 11.7. The second kappa shape index (κ2) is 7.87. The molecule has 0 spiro atoms. The SMILES string of the molecule is COCCC(C)(O)CNC(=O)CCc1ccccc1O. The summed E-state index contributed by atoms with van der Waals surface area (Å²) in [7, 11) is 1.57. The van der Waals surface area contributed by atoms with Crippen LogP contribution in [-0.4, -0.2) is 42.0 Å². The first-order valence-corrected chi connectivity index (χ1v) is 6.69. The van der Waals surface area contributed by atoms with E-state index in [-0.39, 0.29) is 24.6 Å². The highest BCUT2D eigenvalue weighted by Crippen LogP contribution is 2.17. The van der Waals surface area contributed by atoms with Gasteiger partial charge in [-0.15, -0.1) is 0 Å². The number of aliphatic hydroxyl groups is 1. The molecule has 1 aromatic carbocycles. The lowest BCUT2D eigenvalue weighted by Gasteiger charge is -2.23. The Hall–Kier alpha value is -1.59. The molecular formula is C15H23NO4. The fourth-order valence-corrected chi connectivity index (χ4v) is 1.76. The predicted octanol–water partition coefficient (Wildman–Crippen LogP) is 1.23. The maximum absolute atomic E-state index is 11.7. The summed E-state index contributed by atoms with van der Waals surface area (Å²) in [4.78, 5) is 11.7. The lowest BCUT2D eigenvalue weighted by molar-refractivity contribution is -0.122. The van der Waals surface area contributed by atoms with Gasteiger partial charge in [-0.05, 0) is 25.0 Å². The zero-order valence-electron chi connectivity index (χ0n) is 12.1. The van der Waals surface area contributed by atoms with Gasteiger partial charge in [0.2, 0.25) is 5.91 Å². The van der Waals surface area contributed by atoms with Crippen molar-refractivity contribution in [2.45, 2.75) is 31.8 Å². The minimum Gasteiger partial charge on any atom is -0.508 e. The molecule has 3 N–H and O–H groups in total. The number of para-hydroxylation sites is 1. The van der Waals surface area contributed by atoms with E-state index in [1.54, 1.807) is 32.2 Å². The summed E-state index contributed by atoms with van der Waals surface area (Å²) in [5, 5.41) is 22.3. The summed E-state index contributed by atoms with van der Waals surface area (Å²) in [6, 6.07) is 6.95. The Labute approximate surface area is 119 Å². The van der Waals surface area contributed by atoms with Crippen molar-refractivity contribution in [2.75, 3.05) is 20.3 Å². The van der Waals surface area contributed by atoms with E-state index in [2.05, 4.69) is 5.32 Å². The molecule has 5 heteroatoms. The topological polar surface area (TPSA) is 78.8 Å². The van der Waals surface area contributed by atoms with Gasteiger partial charge in [-0.3, -0.25) is 4.79 Å². The van der Waals surface area contributed by atoms with Crippen molar-refractivity contribution < 1.29 is 19.7 Å². The quantitative estimate of drug-likeness (QED) is 0.669. The zero-order chi connectivity index (χ0) is 15.0. The van der Waals surface area contributed by atoms with Crippen LogP contribution in [0.5, 0.6) is 5.75 Å².